The molecule has 0 spiro atoms. The van der Waals surface area contributed by atoms with Gasteiger partial charge < -0.3 is 0 Å². The van der Waals surface area contributed by atoms with Crippen LogP contribution in [0.2, 0.25) is 5.02 Å². The fourth-order valence-electron chi connectivity index (χ4n) is 1.26. The summed E-state index contributed by atoms with van der Waals surface area (Å²) in [5, 5.41) is 1.98. The van der Waals surface area contributed by atoms with Crippen molar-refractivity contribution in [2.75, 3.05) is 16.6 Å². The van der Waals surface area contributed by atoms with Crippen LogP contribution < -0.4 is 0 Å². The summed E-state index contributed by atoms with van der Waals surface area (Å²) in [6.45, 7) is 0. The van der Waals surface area contributed by atoms with Crippen molar-refractivity contribution in [1.82, 2.24) is 0 Å². The van der Waals surface area contributed by atoms with E-state index in [0.29, 0.717) is 0 Å². The Morgan fingerprint density at radius 2 is 2.07 bits per heavy atom. The highest BCUT2D eigenvalue weighted by Crippen LogP contribution is 2.21. The predicted molar refractivity (Wildman–Crippen MR) is 67.7 cm³/mol. The molecule has 0 aliphatic carbocycles. The molecule has 2 rings (SSSR count). The Labute approximate surface area is 96.3 Å². The number of thioether (sulfide) groups is 1. The Morgan fingerprint density at radius 1 is 1.29 bits per heavy atom. The molecule has 1 saturated heterocycles. The lowest BCUT2D eigenvalue weighted by Crippen LogP contribution is -2.07. The third-order valence-electron chi connectivity index (χ3n) is 1.95. The number of hydrogen-bond donors (Lipinski definition) is 0. The molecule has 0 aromatic heterocycles. The van der Waals surface area contributed by atoms with E-state index in [4.69, 9.17) is 16.0 Å². The molecule has 1 fully saturated rings. The maximum Gasteiger partial charge on any atom is 0.0704 e. The van der Waals surface area contributed by atoms with Gasteiger partial charge in [-0.15, -0.1) is 0 Å². The van der Waals surface area contributed by atoms with Gasteiger partial charge in [0.2, 0.25) is 0 Å². The molecule has 0 saturated carbocycles. The molecule has 0 amide bonds. The first kappa shape index (κ1) is 10.5. The van der Waals surface area contributed by atoms with Crippen molar-refractivity contribution >= 4 is 39.7 Å². The van der Waals surface area contributed by atoms with E-state index in [-0.39, 0.29) is 10.7 Å². The summed E-state index contributed by atoms with van der Waals surface area (Å²) in [7, 11) is 0.243. The van der Waals surface area contributed by atoms with Crippen molar-refractivity contribution in [2.45, 2.75) is 6.42 Å². The van der Waals surface area contributed by atoms with E-state index >= 15 is 0 Å². The molecule has 1 nitrogen and oxygen atoms in total. The number of halogens is 1. The summed E-state index contributed by atoms with van der Waals surface area (Å²) >= 11 is 7.83. The van der Waals surface area contributed by atoms with Crippen LogP contribution in [0.5, 0.6) is 0 Å². The van der Waals surface area contributed by atoms with E-state index in [9.17, 15) is 0 Å². The topological polar surface area (TPSA) is 12.4 Å². The van der Waals surface area contributed by atoms with Crippen molar-refractivity contribution in [2.24, 2.45) is 4.36 Å². The van der Waals surface area contributed by atoms with Gasteiger partial charge in [0.1, 0.15) is 0 Å². The van der Waals surface area contributed by atoms with Gasteiger partial charge in [0.25, 0.3) is 0 Å². The van der Waals surface area contributed by atoms with Gasteiger partial charge in [-0.3, -0.25) is 0 Å². The van der Waals surface area contributed by atoms with Crippen LogP contribution in [0.1, 0.15) is 6.42 Å². The lowest BCUT2D eigenvalue weighted by molar-refractivity contribution is 1.11. The predicted octanol–water partition coefficient (Wildman–Crippen LogP) is 3.87. The van der Waals surface area contributed by atoms with Gasteiger partial charge in [0, 0.05) is 10.8 Å². The first-order valence-electron chi connectivity index (χ1n) is 4.57. The van der Waals surface area contributed by atoms with Gasteiger partial charge in [-0.25, -0.2) is 4.36 Å². The maximum atomic E-state index is 5.81. The molecule has 14 heavy (non-hydrogen) atoms. The second-order valence-corrected chi connectivity index (χ2v) is 6.83. The molecule has 0 bridgehead atoms. The summed E-state index contributed by atoms with van der Waals surface area (Å²) in [5.74, 6) is 2.56. The van der Waals surface area contributed by atoms with Gasteiger partial charge in [0.05, 0.1) is 10.8 Å². The van der Waals surface area contributed by atoms with Gasteiger partial charge in [-0.2, -0.15) is 11.8 Å². The summed E-state index contributed by atoms with van der Waals surface area (Å²) in [5.41, 5.74) is 1.07. The van der Waals surface area contributed by atoms with Crippen LogP contribution in [0.4, 0.5) is 5.69 Å². The van der Waals surface area contributed by atoms with Crippen molar-refractivity contribution in [3.63, 3.8) is 0 Å². The van der Waals surface area contributed by atoms with E-state index in [1.807, 2.05) is 36.0 Å². The first-order valence-corrected chi connectivity index (χ1v) is 7.62. The highest BCUT2D eigenvalue weighted by molar-refractivity contribution is 8.11. The maximum absolute atomic E-state index is 5.81. The van der Waals surface area contributed by atoms with E-state index in [2.05, 4.69) is 0 Å². The number of benzene rings is 1. The van der Waals surface area contributed by atoms with Crippen molar-refractivity contribution in [1.29, 1.82) is 0 Å². The summed E-state index contributed by atoms with van der Waals surface area (Å²) in [6, 6.07) is 7.80. The van der Waals surface area contributed by atoms with Crippen LogP contribution in [0, 0.1) is 0 Å². The normalized spacial score (nSPS) is 22.5. The Balaban J connectivity index is 2.11. The lowest BCUT2D eigenvalue weighted by Gasteiger charge is -2.13. The van der Waals surface area contributed by atoms with E-state index < -0.39 is 0 Å². The number of nitrogens with zero attached hydrogens (tertiary/aromatic N) is 1. The molecule has 1 aliphatic heterocycles. The zero-order chi connectivity index (χ0) is 9.80. The average Bonchev–Trinajstić information content (AvgIpc) is 2.23. The van der Waals surface area contributed by atoms with E-state index in [1.54, 1.807) is 0 Å². The second-order valence-electron chi connectivity index (χ2n) is 3.11. The highest BCUT2D eigenvalue weighted by Gasteiger charge is 2.05. The Kier molecular flexibility index (Phi) is 3.90. The van der Waals surface area contributed by atoms with Crippen molar-refractivity contribution < 1.29 is 0 Å². The lowest BCUT2D eigenvalue weighted by atomic mass is 10.3. The summed E-state index contributed by atoms with van der Waals surface area (Å²) in [4.78, 5) is 0. The van der Waals surface area contributed by atoms with Crippen molar-refractivity contribution in [3.8, 4) is 0 Å². The average molecular weight is 246 g/mol. The van der Waals surface area contributed by atoms with E-state index in [1.165, 1.54) is 23.0 Å². The zero-order valence-corrected chi connectivity index (χ0v) is 10.2. The number of rotatable bonds is 1. The summed E-state index contributed by atoms with van der Waals surface area (Å²) in [6.07, 6.45) is 1.31. The monoisotopic (exact) mass is 245 g/mol. The van der Waals surface area contributed by atoms with Gasteiger partial charge >= 0.3 is 0 Å². The van der Waals surface area contributed by atoms with Crippen LogP contribution in [0.25, 0.3) is 0 Å². The molecule has 1 atom stereocenters. The molecule has 4 heteroatoms. The quantitative estimate of drug-likeness (QED) is 0.732. The Morgan fingerprint density at radius 3 is 2.71 bits per heavy atom. The molecule has 1 aromatic carbocycles. The minimum Gasteiger partial charge on any atom is -0.227 e. The number of hydrogen-bond acceptors (Lipinski definition) is 2. The van der Waals surface area contributed by atoms with Gasteiger partial charge in [0.15, 0.2) is 0 Å². The van der Waals surface area contributed by atoms with Crippen LogP contribution in [-0.2, 0) is 10.7 Å². The Hall–Kier alpha value is 0.01000. The van der Waals surface area contributed by atoms with Crippen LogP contribution in [0.15, 0.2) is 28.6 Å². The summed E-state index contributed by atoms with van der Waals surface area (Å²) < 4.78 is 4.71. The molecule has 0 radical (unpaired) electrons. The van der Waals surface area contributed by atoms with Crippen LogP contribution in [-0.4, -0.2) is 16.6 Å². The molecule has 1 aromatic rings. The largest absolute Gasteiger partial charge is 0.227 e. The smallest absolute Gasteiger partial charge is 0.0704 e. The zero-order valence-electron chi connectivity index (χ0n) is 7.78. The van der Waals surface area contributed by atoms with Gasteiger partial charge in [-0.1, -0.05) is 22.3 Å². The highest BCUT2D eigenvalue weighted by atomic mass is 35.5. The fraction of sp³-hybridized carbons (Fsp3) is 0.400. The minimum absolute atomic E-state index is 0.243. The molecule has 1 heterocycles. The van der Waals surface area contributed by atoms with Gasteiger partial charge in [-0.05, 0) is 36.4 Å². The molecular formula is C10H12ClNS2. The first-order chi connectivity index (χ1) is 6.84. The van der Waals surface area contributed by atoms with Crippen LogP contribution in [0.3, 0.4) is 0 Å². The van der Waals surface area contributed by atoms with E-state index in [0.717, 1.165) is 10.7 Å². The molecule has 1 aliphatic rings. The third kappa shape index (κ3) is 3.01. The minimum atomic E-state index is 0.243. The molecular weight excluding hydrogens is 234 g/mol. The van der Waals surface area contributed by atoms with Crippen molar-refractivity contribution in [3.05, 3.63) is 29.3 Å². The molecule has 0 N–H and O–H groups in total. The molecule has 1 unspecified atom stereocenters. The third-order valence-corrected chi connectivity index (χ3v) is 5.76. The second kappa shape index (κ2) is 5.19. The molecule has 76 valence electrons. The SMILES string of the molecule is Clc1ccc(N=S2CCCSC2)cc1. The van der Waals surface area contributed by atoms with Crippen LogP contribution >= 0.6 is 23.4 Å². The fourth-order valence-corrected chi connectivity index (χ4v) is 4.83. The Bertz CT molecular complexity index is 326. The standard InChI is InChI=1S/C10H12ClNS2/c11-9-2-4-10(5-3-9)12-14-7-1-6-13-8-14/h2-5H,1,6-8H2.